The van der Waals surface area contributed by atoms with Gasteiger partial charge in [0, 0.05) is 18.2 Å². The normalized spacial score (nSPS) is 10.7. The summed E-state index contributed by atoms with van der Waals surface area (Å²) in [5, 5.41) is 0. The second-order valence-corrected chi connectivity index (χ2v) is 4.18. The highest BCUT2D eigenvalue weighted by molar-refractivity contribution is 5.59. The van der Waals surface area contributed by atoms with Gasteiger partial charge in [0.05, 0.1) is 5.69 Å². The molecule has 0 saturated carbocycles. The molecule has 4 nitrogen and oxygen atoms in total. The minimum atomic E-state index is -0.314. The van der Waals surface area contributed by atoms with Crippen LogP contribution in [0.3, 0.4) is 0 Å². The molecule has 0 aliphatic carbocycles. The number of nitrogens with one attached hydrogen (secondary N) is 1. The van der Waals surface area contributed by atoms with Crippen LogP contribution in [0.5, 0.6) is 0 Å². The first-order valence-corrected chi connectivity index (χ1v) is 6.04. The molecule has 0 fully saturated rings. The summed E-state index contributed by atoms with van der Waals surface area (Å²) >= 11 is 0. The molecule has 0 spiro atoms. The van der Waals surface area contributed by atoms with Crippen molar-refractivity contribution in [1.82, 2.24) is 9.97 Å². The molecule has 1 aromatic heterocycles. The van der Waals surface area contributed by atoms with Crippen LogP contribution in [0.1, 0.15) is 18.3 Å². The van der Waals surface area contributed by atoms with Crippen LogP contribution >= 0.6 is 0 Å². The van der Waals surface area contributed by atoms with Crippen LogP contribution in [0.25, 0.3) is 11.3 Å². The van der Waals surface area contributed by atoms with Crippen LogP contribution in [-0.4, -0.2) is 16.6 Å². The van der Waals surface area contributed by atoms with E-state index in [0.29, 0.717) is 29.3 Å². The predicted molar refractivity (Wildman–Crippen MR) is 70.3 cm³/mol. The third-order valence-electron chi connectivity index (χ3n) is 2.70. The van der Waals surface area contributed by atoms with Crippen molar-refractivity contribution in [3.63, 3.8) is 0 Å². The van der Waals surface area contributed by atoms with Gasteiger partial charge in [0.2, 0.25) is 0 Å². The molecule has 0 amide bonds. The Morgan fingerprint density at radius 1 is 1.37 bits per heavy atom. The molecule has 0 atom stereocenters. The Balaban J connectivity index is 2.40. The number of rotatable bonds is 4. The van der Waals surface area contributed by atoms with Crippen molar-refractivity contribution >= 4 is 0 Å². The summed E-state index contributed by atoms with van der Waals surface area (Å²) in [6.45, 7) is 4.31. The van der Waals surface area contributed by atoms with Crippen molar-refractivity contribution < 1.29 is 9.13 Å². The summed E-state index contributed by atoms with van der Waals surface area (Å²) in [6.07, 6.45) is 0. The maximum absolute atomic E-state index is 13.5. The number of hydrogen-bond acceptors (Lipinski definition) is 3. The molecular weight excluding hydrogens is 247 g/mol. The molecule has 0 radical (unpaired) electrons. The summed E-state index contributed by atoms with van der Waals surface area (Å²) in [5.41, 5.74) is 1.30. The zero-order chi connectivity index (χ0) is 13.8. The predicted octanol–water partition coefficient (Wildman–Crippen LogP) is 2.42. The first-order valence-electron chi connectivity index (χ1n) is 6.04. The molecular formula is C14H15FN2O2. The van der Waals surface area contributed by atoms with E-state index in [1.54, 1.807) is 19.1 Å². The van der Waals surface area contributed by atoms with Crippen LogP contribution < -0.4 is 5.56 Å². The maximum atomic E-state index is 13.5. The van der Waals surface area contributed by atoms with Gasteiger partial charge in [-0.25, -0.2) is 9.37 Å². The molecule has 1 N–H and O–H groups in total. The zero-order valence-corrected chi connectivity index (χ0v) is 10.9. The fourth-order valence-electron chi connectivity index (χ4n) is 1.68. The summed E-state index contributed by atoms with van der Waals surface area (Å²) in [4.78, 5) is 18.4. The van der Waals surface area contributed by atoms with Gasteiger partial charge in [0.1, 0.15) is 18.2 Å². The monoisotopic (exact) mass is 262 g/mol. The largest absolute Gasteiger partial charge is 0.374 e. The summed E-state index contributed by atoms with van der Waals surface area (Å²) < 4.78 is 18.7. The topological polar surface area (TPSA) is 55.0 Å². The highest BCUT2D eigenvalue weighted by atomic mass is 19.1. The third-order valence-corrected chi connectivity index (χ3v) is 2.70. The Morgan fingerprint density at radius 3 is 2.84 bits per heavy atom. The van der Waals surface area contributed by atoms with Crippen molar-refractivity contribution in [3.05, 3.63) is 51.8 Å². The van der Waals surface area contributed by atoms with Crippen molar-refractivity contribution in [3.8, 4) is 11.3 Å². The molecule has 0 bridgehead atoms. The van der Waals surface area contributed by atoms with Crippen molar-refractivity contribution in [2.75, 3.05) is 6.61 Å². The fraction of sp³-hybridized carbons (Fsp3) is 0.286. The van der Waals surface area contributed by atoms with Gasteiger partial charge < -0.3 is 9.72 Å². The number of hydrogen-bond donors (Lipinski definition) is 1. The summed E-state index contributed by atoms with van der Waals surface area (Å²) in [7, 11) is 0. The quantitative estimate of drug-likeness (QED) is 0.920. The van der Waals surface area contributed by atoms with Crippen molar-refractivity contribution in [1.29, 1.82) is 0 Å². The Kier molecular flexibility index (Phi) is 4.06. The second kappa shape index (κ2) is 5.75. The van der Waals surface area contributed by atoms with Gasteiger partial charge in [-0.2, -0.15) is 0 Å². The number of aromatic amines is 1. The van der Waals surface area contributed by atoms with E-state index < -0.39 is 0 Å². The molecule has 5 heteroatoms. The summed E-state index contributed by atoms with van der Waals surface area (Å²) in [5.74, 6) is 0.122. The van der Waals surface area contributed by atoms with E-state index in [9.17, 15) is 9.18 Å². The van der Waals surface area contributed by atoms with E-state index in [1.165, 1.54) is 12.1 Å². The number of halogens is 1. The van der Waals surface area contributed by atoms with Crippen LogP contribution in [-0.2, 0) is 11.3 Å². The Labute approximate surface area is 110 Å². The average molecular weight is 262 g/mol. The smallest absolute Gasteiger partial charge is 0.251 e. The number of benzene rings is 1. The molecule has 2 rings (SSSR count). The zero-order valence-electron chi connectivity index (χ0n) is 10.9. The van der Waals surface area contributed by atoms with E-state index >= 15 is 0 Å². The third kappa shape index (κ3) is 3.26. The SMILES string of the molecule is CCOCc1nc(-c2ccc(C)c(F)c2)cc(=O)[nH]1. The van der Waals surface area contributed by atoms with E-state index in [1.807, 2.05) is 6.92 Å². The van der Waals surface area contributed by atoms with Crippen LogP contribution in [0.15, 0.2) is 29.1 Å². The van der Waals surface area contributed by atoms with Crippen molar-refractivity contribution in [2.45, 2.75) is 20.5 Å². The molecule has 0 aliphatic rings. The Morgan fingerprint density at radius 2 is 2.16 bits per heavy atom. The number of H-pyrrole nitrogens is 1. The number of ether oxygens (including phenoxy) is 1. The maximum Gasteiger partial charge on any atom is 0.251 e. The van der Waals surface area contributed by atoms with Gasteiger partial charge in [0.15, 0.2) is 0 Å². The van der Waals surface area contributed by atoms with E-state index in [4.69, 9.17) is 4.74 Å². The first kappa shape index (κ1) is 13.4. The molecule has 2 aromatic rings. The van der Waals surface area contributed by atoms with Crippen LogP contribution in [0, 0.1) is 12.7 Å². The number of aryl methyl sites for hydroxylation is 1. The lowest BCUT2D eigenvalue weighted by Crippen LogP contribution is -2.12. The molecule has 0 aliphatic heterocycles. The van der Waals surface area contributed by atoms with Crippen LogP contribution in [0.2, 0.25) is 0 Å². The van der Waals surface area contributed by atoms with Gasteiger partial charge in [0.25, 0.3) is 5.56 Å². The minimum absolute atomic E-state index is 0.230. The lowest BCUT2D eigenvalue weighted by Gasteiger charge is -2.05. The molecule has 19 heavy (non-hydrogen) atoms. The Hall–Kier alpha value is -2.01. The van der Waals surface area contributed by atoms with Gasteiger partial charge in [-0.05, 0) is 25.5 Å². The Bertz CT molecular complexity index is 638. The standard InChI is InChI=1S/C14H15FN2O2/c1-3-19-8-13-16-12(7-14(18)17-13)10-5-4-9(2)11(15)6-10/h4-7H,3,8H2,1-2H3,(H,16,17,18). The average Bonchev–Trinajstić information content (AvgIpc) is 2.39. The highest BCUT2D eigenvalue weighted by Crippen LogP contribution is 2.18. The minimum Gasteiger partial charge on any atom is -0.374 e. The molecule has 0 saturated heterocycles. The van der Waals surface area contributed by atoms with Gasteiger partial charge in [-0.3, -0.25) is 4.79 Å². The molecule has 100 valence electrons. The van der Waals surface area contributed by atoms with Gasteiger partial charge >= 0.3 is 0 Å². The lowest BCUT2D eigenvalue weighted by molar-refractivity contribution is 0.128. The molecule has 1 aromatic carbocycles. The number of nitrogens with zero attached hydrogens (tertiary/aromatic N) is 1. The number of aromatic nitrogens is 2. The highest BCUT2D eigenvalue weighted by Gasteiger charge is 2.06. The van der Waals surface area contributed by atoms with Crippen LogP contribution in [0.4, 0.5) is 4.39 Å². The van der Waals surface area contributed by atoms with E-state index in [-0.39, 0.29) is 18.0 Å². The van der Waals surface area contributed by atoms with E-state index in [2.05, 4.69) is 9.97 Å². The summed E-state index contributed by atoms with van der Waals surface area (Å²) in [6, 6.07) is 6.13. The first-order chi connectivity index (χ1) is 9.10. The molecule has 0 unspecified atom stereocenters. The second-order valence-electron chi connectivity index (χ2n) is 4.18. The van der Waals surface area contributed by atoms with E-state index in [0.717, 1.165) is 0 Å². The fourth-order valence-corrected chi connectivity index (χ4v) is 1.68. The molecule has 1 heterocycles. The van der Waals surface area contributed by atoms with Crippen molar-refractivity contribution in [2.24, 2.45) is 0 Å². The lowest BCUT2D eigenvalue weighted by atomic mass is 10.1. The van der Waals surface area contributed by atoms with Gasteiger partial charge in [-0.15, -0.1) is 0 Å². The van der Waals surface area contributed by atoms with Gasteiger partial charge in [-0.1, -0.05) is 12.1 Å².